The van der Waals surface area contributed by atoms with Crippen molar-refractivity contribution in [1.29, 1.82) is 0 Å². The van der Waals surface area contributed by atoms with Gasteiger partial charge in [-0.3, -0.25) is 9.59 Å². The number of carbonyl (C=O) groups is 2. The molecule has 4 heteroatoms. The molecule has 0 aromatic heterocycles. The maximum absolute atomic E-state index is 11.4. The molecule has 0 fully saturated rings. The van der Waals surface area contributed by atoms with Gasteiger partial charge in [0.05, 0.1) is 0 Å². The predicted octanol–water partition coefficient (Wildman–Crippen LogP) is 6.23. The number of hydrogen-bond acceptors (Lipinski definition) is 4. The second-order valence-electron chi connectivity index (χ2n) is 7.28. The Kier molecular flexibility index (Phi) is 11.9. The summed E-state index contributed by atoms with van der Waals surface area (Å²) >= 11 is 0. The molecular weight excluding hydrogens is 352 g/mol. The quantitative estimate of drug-likeness (QED) is 0.228. The van der Waals surface area contributed by atoms with Crippen molar-refractivity contribution in [1.82, 2.24) is 0 Å². The van der Waals surface area contributed by atoms with Gasteiger partial charge in [-0.2, -0.15) is 0 Å². The number of hydrogen-bond donors (Lipinski definition) is 0. The molecule has 4 nitrogen and oxygen atoms in total. The van der Waals surface area contributed by atoms with Gasteiger partial charge in [0.1, 0.15) is 0 Å². The molecule has 1 aromatic rings. The zero-order valence-electron chi connectivity index (χ0n) is 18.0. The lowest BCUT2D eigenvalue weighted by atomic mass is 10.0. The monoisotopic (exact) mass is 388 g/mol. The van der Waals surface area contributed by atoms with Gasteiger partial charge in [0.15, 0.2) is 0 Å². The first-order valence-electron chi connectivity index (χ1n) is 10.6. The first-order chi connectivity index (χ1) is 13.5. The average molecular weight is 389 g/mol. The van der Waals surface area contributed by atoms with Gasteiger partial charge in [-0.05, 0) is 36.5 Å². The Bertz CT molecular complexity index is 600. The molecule has 1 rings (SSSR count). The van der Waals surface area contributed by atoms with Crippen LogP contribution in [0.3, 0.4) is 0 Å². The average Bonchev–Trinajstić information content (AvgIpc) is 2.64. The molecule has 0 spiro atoms. The number of carbonyl (C=O) groups excluding carboxylic acids is 2. The summed E-state index contributed by atoms with van der Waals surface area (Å²) in [5, 5.41) is 0. The maximum atomic E-state index is 11.4. The van der Waals surface area contributed by atoms with Gasteiger partial charge in [-0.15, -0.1) is 0 Å². The number of benzene rings is 1. The van der Waals surface area contributed by atoms with E-state index < -0.39 is 18.2 Å². The topological polar surface area (TPSA) is 52.6 Å². The summed E-state index contributed by atoms with van der Waals surface area (Å²) in [6.45, 7) is 6.91. The first-order valence-corrected chi connectivity index (χ1v) is 10.6. The van der Waals surface area contributed by atoms with Crippen LogP contribution in [0.4, 0.5) is 0 Å². The summed E-state index contributed by atoms with van der Waals surface area (Å²) in [5.41, 5.74) is 3.14. The molecule has 156 valence electrons. The molecule has 0 radical (unpaired) electrons. The lowest BCUT2D eigenvalue weighted by Crippen LogP contribution is -2.24. The highest BCUT2D eigenvalue weighted by Gasteiger charge is 2.20. The highest BCUT2D eigenvalue weighted by Crippen LogP contribution is 2.20. The van der Waals surface area contributed by atoms with Crippen molar-refractivity contribution in [2.75, 3.05) is 0 Å². The molecule has 0 bridgehead atoms. The van der Waals surface area contributed by atoms with Crippen molar-refractivity contribution < 1.29 is 19.1 Å². The number of ether oxygens (including phenoxy) is 2. The van der Waals surface area contributed by atoms with E-state index in [1.165, 1.54) is 57.9 Å². The SMILES string of the molecule is CCCCCCCCc1ccc(C=C(CCC)C(OC(C)=O)OC(C)=O)cc1. The fraction of sp³-hybridized carbons (Fsp3) is 0.583. The van der Waals surface area contributed by atoms with Crippen molar-refractivity contribution in [3.8, 4) is 0 Å². The van der Waals surface area contributed by atoms with Crippen molar-refractivity contribution in [3.05, 3.63) is 41.0 Å². The highest BCUT2D eigenvalue weighted by atomic mass is 16.7. The van der Waals surface area contributed by atoms with Gasteiger partial charge in [0, 0.05) is 19.4 Å². The van der Waals surface area contributed by atoms with Crippen LogP contribution >= 0.6 is 0 Å². The lowest BCUT2D eigenvalue weighted by molar-refractivity contribution is -0.178. The number of unbranched alkanes of at least 4 members (excludes halogenated alkanes) is 5. The van der Waals surface area contributed by atoms with Gasteiger partial charge in [0.25, 0.3) is 6.29 Å². The van der Waals surface area contributed by atoms with Gasteiger partial charge in [-0.25, -0.2) is 0 Å². The van der Waals surface area contributed by atoms with Crippen LogP contribution in [0, 0.1) is 0 Å². The van der Waals surface area contributed by atoms with Gasteiger partial charge in [0.2, 0.25) is 0 Å². The second-order valence-corrected chi connectivity index (χ2v) is 7.28. The molecule has 0 saturated carbocycles. The van der Waals surface area contributed by atoms with Crippen LogP contribution in [-0.2, 0) is 25.5 Å². The molecule has 0 aliphatic heterocycles. The van der Waals surface area contributed by atoms with E-state index in [1.54, 1.807) is 0 Å². The zero-order valence-corrected chi connectivity index (χ0v) is 18.0. The molecule has 28 heavy (non-hydrogen) atoms. The molecule has 0 saturated heterocycles. The molecule has 0 N–H and O–H groups in total. The van der Waals surface area contributed by atoms with Crippen LogP contribution in [0.1, 0.15) is 90.2 Å². The zero-order chi connectivity index (χ0) is 20.8. The smallest absolute Gasteiger partial charge is 0.305 e. The highest BCUT2D eigenvalue weighted by molar-refractivity contribution is 5.69. The van der Waals surface area contributed by atoms with E-state index in [1.807, 2.05) is 13.0 Å². The first kappa shape index (κ1) is 23.9. The van der Waals surface area contributed by atoms with E-state index in [0.717, 1.165) is 24.0 Å². The Morgan fingerprint density at radius 2 is 1.43 bits per heavy atom. The van der Waals surface area contributed by atoms with Crippen molar-refractivity contribution in [2.24, 2.45) is 0 Å². The van der Waals surface area contributed by atoms with Crippen LogP contribution in [0.5, 0.6) is 0 Å². The molecule has 0 heterocycles. The van der Waals surface area contributed by atoms with Crippen molar-refractivity contribution in [3.63, 3.8) is 0 Å². The molecule has 0 aliphatic rings. The molecule has 0 amide bonds. The summed E-state index contributed by atoms with van der Waals surface area (Å²) in [4.78, 5) is 22.8. The number of esters is 2. The van der Waals surface area contributed by atoms with Gasteiger partial charge >= 0.3 is 11.9 Å². The van der Waals surface area contributed by atoms with Gasteiger partial charge < -0.3 is 9.47 Å². The minimum absolute atomic E-state index is 0.470. The molecular formula is C24H36O4. The third kappa shape index (κ3) is 10.3. The fourth-order valence-corrected chi connectivity index (χ4v) is 3.13. The molecule has 1 aromatic carbocycles. The van der Waals surface area contributed by atoms with Crippen molar-refractivity contribution in [2.45, 2.75) is 91.8 Å². The number of aryl methyl sites for hydroxylation is 1. The van der Waals surface area contributed by atoms with Crippen LogP contribution in [0.15, 0.2) is 29.8 Å². The summed E-state index contributed by atoms with van der Waals surface area (Å²) < 4.78 is 10.4. The van der Waals surface area contributed by atoms with Crippen LogP contribution < -0.4 is 0 Å². The van der Waals surface area contributed by atoms with Gasteiger partial charge in [-0.1, -0.05) is 76.6 Å². The minimum Gasteiger partial charge on any atom is -0.421 e. The summed E-state index contributed by atoms with van der Waals surface area (Å²) in [6.07, 6.45) is 11.4. The Labute approximate surface area is 170 Å². The lowest BCUT2D eigenvalue weighted by Gasteiger charge is -2.19. The third-order valence-corrected chi connectivity index (χ3v) is 4.54. The number of rotatable bonds is 13. The largest absolute Gasteiger partial charge is 0.421 e. The molecule has 0 unspecified atom stereocenters. The molecule has 0 aliphatic carbocycles. The van der Waals surface area contributed by atoms with E-state index in [-0.39, 0.29) is 0 Å². The third-order valence-electron chi connectivity index (χ3n) is 4.54. The van der Waals surface area contributed by atoms with E-state index in [4.69, 9.17) is 9.47 Å². The Morgan fingerprint density at radius 1 is 0.857 bits per heavy atom. The summed E-state index contributed by atoms with van der Waals surface area (Å²) in [5.74, 6) is -0.940. The van der Waals surface area contributed by atoms with Crippen LogP contribution in [-0.4, -0.2) is 18.2 Å². The van der Waals surface area contributed by atoms with E-state index in [9.17, 15) is 9.59 Å². The standard InChI is InChI=1S/C24H36O4/c1-5-7-8-9-10-11-13-21-14-16-22(17-15-21)18-23(12-6-2)24(27-19(3)25)28-20(4)26/h14-18,24H,5-13H2,1-4H3. The maximum Gasteiger partial charge on any atom is 0.305 e. The van der Waals surface area contributed by atoms with Crippen LogP contribution in [0.2, 0.25) is 0 Å². The molecule has 0 atom stereocenters. The fourth-order valence-electron chi connectivity index (χ4n) is 3.13. The van der Waals surface area contributed by atoms with E-state index in [2.05, 4.69) is 31.2 Å². The Balaban J connectivity index is 2.74. The van der Waals surface area contributed by atoms with Crippen molar-refractivity contribution >= 4 is 18.0 Å². The summed E-state index contributed by atoms with van der Waals surface area (Å²) in [7, 11) is 0. The minimum atomic E-state index is -0.960. The van der Waals surface area contributed by atoms with Crippen LogP contribution in [0.25, 0.3) is 6.08 Å². The second kappa shape index (κ2) is 14.0. The Morgan fingerprint density at radius 3 is 1.96 bits per heavy atom. The predicted molar refractivity (Wildman–Crippen MR) is 114 cm³/mol. The summed E-state index contributed by atoms with van der Waals surface area (Å²) in [6, 6.07) is 8.43. The normalized spacial score (nSPS) is 11.5. The van der Waals surface area contributed by atoms with E-state index in [0.29, 0.717) is 6.42 Å². The Hall–Kier alpha value is -2.10. The van der Waals surface area contributed by atoms with E-state index >= 15 is 0 Å².